The van der Waals surface area contributed by atoms with Gasteiger partial charge in [0, 0.05) is 38.1 Å². The largest absolute Gasteiger partial charge is 0.401 e. The molecule has 1 aliphatic heterocycles. The van der Waals surface area contributed by atoms with Crippen LogP contribution in [0, 0.1) is 5.41 Å². The van der Waals surface area contributed by atoms with Gasteiger partial charge in [0.15, 0.2) is 0 Å². The maximum atomic E-state index is 12.2. The molecule has 0 spiro atoms. The average molecular weight is 266 g/mol. The molecule has 6 heteroatoms. The van der Waals surface area contributed by atoms with Gasteiger partial charge < -0.3 is 4.79 Å². The molecule has 1 aliphatic rings. The predicted octanol–water partition coefficient (Wildman–Crippen LogP) is 1.78. The quantitative estimate of drug-likeness (QED) is 0.709. The van der Waals surface area contributed by atoms with Crippen molar-refractivity contribution < 1.29 is 18.0 Å². The molecule has 0 bridgehead atoms. The highest BCUT2D eigenvalue weighted by Gasteiger charge is 2.33. The Hall–Kier alpha value is -0.620. The Labute approximate surface area is 106 Å². The van der Waals surface area contributed by atoms with Crippen LogP contribution in [0.25, 0.3) is 0 Å². The number of aldehydes is 1. The number of nitrogens with zero attached hydrogens (tertiary/aromatic N) is 2. The van der Waals surface area contributed by atoms with Crippen LogP contribution in [-0.4, -0.2) is 61.5 Å². The first-order valence-corrected chi connectivity index (χ1v) is 6.26. The van der Waals surface area contributed by atoms with Gasteiger partial charge in [0.25, 0.3) is 0 Å². The predicted molar refractivity (Wildman–Crippen MR) is 63.4 cm³/mol. The van der Waals surface area contributed by atoms with Crippen molar-refractivity contribution in [3.8, 4) is 0 Å². The van der Waals surface area contributed by atoms with Crippen molar-refractivity contribution in [3.05, 3.63) is 0 Å². The third-order valence-electron chi connectivity index (χ3n) is 3.54. The van der Waals surface area contributed by atoms with E-state index < -0.39 is 12.7 Å². The number of piperazine rings is 1. The summed E-state index contributed by atoms with van der Waals surface area (Å²) in [6, 6.07) is 0. The third-order valence-corrected chi connectivity index (χ3v) is 3.54. The molecule has 1 heterocycles. The third kappa shape index (κ3) is 4.94. The van der Waals surface area contributed by atoms with Crippen LogP contribution in [0.4, 0.5) is 13.2 Å². The number of hydrogen-bond acceptors (Lipinski definition) is 3. The van der Waals surface area contributed by atoms with Crippen LogP contribution in [0.3, 0.4) is 0 Å². The summed E-state index contributed by atoms with van der Waals surface area (Å²) in [5.41, 5.74) is -0.383. The Morgan fingerprint density at radius 1 is 1.06 bits per heavy atom. The first kappa shape index (κ1) is 15.4. The van der Waals surface area contributed by atoms with Gasteiger partial charge in [-0.3, -0.25) is 9.80 Å². The van der Waals surface area contributed by atoms with Crippen LogP contribution in [0.1, 0.15) is 20.3 Å². The number of alkyl halides is 3. The second kappa shape index (κ2) is 6.02. The van der Waals surface area contributed by atoms with Gasteiger partial charge in [-0.2, -0.15) is 13.2 Å². The zero-order chi connectivity index (χ0) is 13.8. The van der Waals surface area contributed by atoms with Gasteiger partial charge in [-0.15, -0.1) is 0 Å². The van der Waals surface area contributed by atoms with E-state index in [4.69, 9.17) is 0 Å². The molecule has 1 saturated heterocycles. The van der Waals surface area contributed by atoms with Crippen LogP contribution in [0.15, 0.2) is 0 Å². The van der Waals surface area contributed by atoms with Gasteiger partial charge in [0.2, 0.25) is 0 Å². The summed E-state index contributed by atoms with van der Waals surface area (Å²) in [6.07, 6.45) is -2.42. The molecule has 0 saturated carbocycles. The zero-order valence-corrected chi connectivity index (χ0v) is 11.0. The molecule has 0 aliphatic carbocycles. The Morgan fingerprint density at radius 2 is 1.50 bits per heavy atom. The lowest BCUT2D eigenvalue weighted by Crippen LogP contribution is -2.51. The maximum Gasteiger partial charge on any atom is 0.401 e. The van der Waals surface area contributed by atoms with Gasteiger partial charge in [-0.05, 0) is 6.42 Å². The van der Waals surface area contributed by atoms with Crippen LogP contribution in [-0.2, 0) is 4.79 Å². The van der Waals surface area contributed by atoms with Gasteiger partial charge >= 0.3 is 6.18 Å². The number of rotatable bonds is 5. The lowest BCUT2D eigenvalue weighted by atomic mass is 9.88. The van der Waals surface area contributed by atoms with Gasteiger partial charge in [-0.25, -0.2) is 0 Å². The maximum absolute atomic E-state index is 12.2. The molecule has 1 unspecified atom stereocenters. The van der Waals surface area contributed by atoms with Crippen molar-refractivity contribution in [1.29, 1.82) is 0 Å². The molecule has 0 N–H and O–H groups in total. The van der Waals surface area contributed by atoms with E-state index in [1.54, 1.807) is 0 Å². The molecule has 1 atom stereocenters. The summed E-state index contributed by atoms with van der Waals surface area (Å²) >= 11 is 0. The van der Waals surface area contributed by atoms with Crippen LogP contribution < -0.4 is 0 Å². The molecule has 1 fully saturated rings. The molecular formula is C12H21F3N2O. The lowest BCUT2D eigenvalue weighted by Gasteiger charge is -2.38. The highest BCUT2D eigenvalue weighted by molar-refractivity contribution is 5.58. The van der Waals surface area contributed by atoms with Crippen molar-refractivity contribution in [2.75, 3.05) is 39.3 Å². The van der Waals surface area contributed by atoms with E-state index in [1.165, 1.54) is 4.90 Å². The molecule has 1 rings (SSSR count). The van der Waals surface area contributed by atoms with E-state index in [9.17, 15) is 18.0 Å². The Bertz CT molecular complexity index is 275. The molecule has 3 nitrogen and oxygen atoms in total. The highest BCUT2D eigenvalue weighted by atomic mass is 19.4. The highest BCUT2D eigenvalue weighted by Crippen LogP contribution is 2.21. The van der Waals surface area contributed by atoms with E-state index in [1.807, 2.05) is 13.8 Å². The van der Waals surface area contributed by atoms with E-state index >= 15 is 0 Å². The van der Waals surface area contributed by atoms with Crippen molar-refractivity contribution in [2.24, 2.45) is 5.41 Å². The fourth-order valence-corrected chi connectivity index (χ4v) is 2.10. The summed E-state index contributed by atoms with van der Waals surface area (Å²) in [5, 5.41) is 0. The average Bonchev–Trinajstić information content (AvgIpc) is 2.30. The molecule has 0 aromatic rings. The monoisotopic (exact) mass is 266 g/mol. The summed E-state index contributed by atoms with van der Waals surface area (Å²) in [5.74, 6) is 0. The SMILES string of the molecule is CCC(C)(C=O)CN1CCN(CC(F)(F)F)CC1. The molecular weight excluding hydrogens is 245 g/mol. The number of carbonyl (C=O) groups is 1. The number of halogens is 3. The second-order valence-corrected chi connectivity index (χ2v) is 5.29. The van der Waals surface area contributed by atoms with Gasteiger partial charge in [0.05, 0.1) is 6.54 Å². The van der Waals surface area contributed by atoms with E-state index in [2.05, 4.69) is 4.90 Å². The summed E-state index contributed by atoms with van der Waals surface area (Å²) in [6.45, 7) is 5.66. The minimum absolute atomic E-state index is 0.383. The Morgan fingerprint density at radius 3 is 1.83 bits per heavy atom. The zero-order valence-electron chi connectivity index (χ0n) is 11.0. The van der Waals surface area contributed by atoms with Gasteiger partial charge in [-0.1, -0.05) is 13.8 Å². The first-order chi connectivity index (χ1) is 8.28. The van der Waals surface area contributed by atoms with Crippen LogP contribution in [0.2, 0.25) is 0 Å². The molecule has 0 aromatic heterocycles. The molecule has 18 heavy (non-hydrogen) atoms. The Kier molecular flexibility index (Phi) is 5.16. The molecule has 106 valence electrons. The smallest absolute Gasteiger partial charge is 0.303 e. The van der Waals surface area contributed by atoms with Crippen molar-refractivity contribution in [3.63, 3.8) is 0 Å². The Balaban J connectivity index is 2.38. The summed E-state index contributed by atoms with van der Waals surface area (Å²) in [7, 11) is 0. The molecule has 0 amide bonds. The van der Waals surface area contributed by atoms with Crippen molar-refractivity contribution in [1.82, 2.24) is 9.80 Å². The van der Waals surface area contributed by atoms with Crippen molar-refractivity contribution >= 4 is 6.29 Å². The van der Waals surface area contributed by atoms with Crippen LogP contribution >= 0.6 is 0 Å². The normalized spacial score (nSPS) is 22.7. The molecule has 0 aromatic carbocycles. The van der Waals surface area contributed by atoms with Gasteiger partial charge in [0.1, 0.15) is 6.29 Å². The van der Waals surface area contributed by atoms with Crippen LogP contribution in [0.5, 0.6) is 0 Å². The van der Waals surface area contributed by atoms with E-state index in [-0.39, 0.29) is 5.41 Å². The summed E-state index contributed by atoms with van der Waals surface area (Å²) < 4.78 is 36.6. The first-order valence-electron chi connectivity index (χ1n) is 6.26. The summed E-state index contributed by atoms with van der Waals surface area (Å²) in [4.78, 5) is 14.5. The molecule has 0 radical (unpaired) electrons. The fraction of sp³-hybridized carbons (Fsp3) is 0.917. The fourth-order valence-electron chi connectivity index (χ4n) is 2.10. The van der Waals surface area contributed by atoms with E-state index in [0.29, 0.717) is 32.7 Å². The van der Waals surface area contributed by atoms with Crippen molar-refractivity contribution in [2.45, 2.75) is 26.4 Å². The number of hydrogen-bond donors (Lipinski definition) is 0. The number of carbonyl (C=O) groups excluding carboxylic acids is 1. The topological polar surface area (TPSA) is 23.6 Å². The minimum atomic E-state index is -4.12. The van der Waals surface area contributed by atoms with E-state index in [0.717, 1.165) is 12.7 Å². The minimum Gasteiger partial charge on any atom is -0.303 e. The second-order valence-electron chi connectivity index (χ2n) is 5.29. The lowest BCUT2D eigenvalue weighted by molar-refractivity contribution is -0.149. The standard InChI is InChI=1S/C12H21F3N2O/c1-3-11(2,10-18)8-16-4-6-17(7-5-16)9-12(13,14)15/h10H,3-9H2,1-2H3.